The molecule has 0 amide bonds. The molecule has 0 aromatic carbocycles. The molecule has 0 N–H and O–H groups in total. The van der Waals surface area contributed by atoms with Crippen molar-refractivity contribution < 1.29 is 0 Å². The summed E-state index contributed by atoms with van der Waals surface area (Å²) in [5.74, 6) is 0. The monoisotopic (exact) mass is 222 g/mol. The first-order valence-electron chi connectivity index (χ1n) is 6.73. The molecule has 1 aromatic heterocycles. The molecular weight excluding hydrogens is 196 g/mol. The van der Waals surface area contributed by atoms with Crippen LogP contribution in [-0.2, 0) is 5.54 Å². The fourth-order valence-electron chi connectivity index (χ4n) is 2.15. The van der Waals surface area contributed by atoms with E-state index >= 15 is 0 Å². The Balaban J connectivity index is 2.36. The van der Waals surface area contributed by atoms with E-state index in [1.54, 1.807) is 0 Å². The third-order valence-electron chi connectivity index (χ3n) is 3.64. The quantitative estimate of drug-likeness (QED) is 0.597. The average Bonchev–Trinajstić information content (AvgIpc) is 2.82. The van der Waals surface area contributed by atoms with E-state index in [1.165, 1.54) is 38.5 Å². The fourth-order valence-corrected chi connectivity index (χ4v) is 2.15. The Morgan fingerprint density at radius 1 is 1.12 bits per heavy atom. The summed E-state index contributed by atoms with van der Waals surface area (Å²) in [6.45, 7) is 6.84. The topological polar surface area (TPSA) is 17.8 Å². The van der Waals surface area contributed by atoms with Crippen LogP contribution in [0.5, 0.6) is 0 Å². The van der Waals surface area contributed by atoms with Gasteiger partial charge in [0.05, 0.1) is 5.54 Å². The molecule has 0 aliphatic heterocycles. The molecule has 2 heteroatoms. The van der Waals surface area contributed by atoms with Gasteiger partial charge in [-0.2, -0.15) is 5.10 Å². The highest BCUT2D eigenvalue weighted by molar-refractivity contribution is 4.87. The van der Waals surface area contributed by atoms with Crippen LogP contribution in [0.15, 0.2) is 18.5 Å². The number of hydrogen-bond acceptors (Lipinski definition) is 1. The molecule has 0 radical (unpaired) electrons. The Bertz CT molecular complexity index is 266. The smallest absolute Gasteiger partial charge is 0.0597 e. The number of nitrogens with zero attached hydrogens (tertiary/aromatic N) is 2. The number of unbranched alkanes of at least 4 members (excludes halogenated alkanes) is 4. The van der Waals surface area contributed by atoms with Crippen molar-refractivity contribution in [2.45, 2.75) is 71.3 Å². The van der Waals surface area contributed by atoms with Crippen molar-refractivity contribution in [3.05, 3.63) is 18.5 Å². The van der Waals surface area contributed by atoms with Gasteiger partial charge < -0.3 is 0 Å². The number of rotatable bonds is 8. The summed E-state index contributed by atoms with van der Waals surface area (Å²) in [5, 5.41) is 4.39. The molecule has 1 atom stereocenters. The van der Waals surface area contributed by atoms with Crippen molar-refractivity contribution in [3.63, 3.8) is 0 Å². The van der Waals surface area contributed by atoms with E-state index in [2.05, 4.69) is 36.7 Å². The van der Waals surface area contributed by atoms with Gasteiger partial charge in [0.1, 0.15) is 0 Å². The van der Waals surface area contributed by atoms with Crippen molar-refractivity contribution in [1.82, 2.24) is 9.78 Å². The standard InChI is InChI=1S/C14H26N2/c1-4-6-7-8-9-11-14(3,5-2)16-13-10-12-15-16/h10,12-13H,4-9,11H2,1-3H3. The molecule has 1 unspecified atom stereocenters. The summed E-state index contributed by atoms with van der Waals surface area (Å²) in [6, 6.07) is 2.02. The summed E-state index contributed by atoms with van der Waals surface area (Å²) in [7, 11) is 0. The molecule has 1 aromatic rings. The average molecular weight is 222 g/mol. The van der Waals surface area contributed by atoms with Gasteiger partial charge in [0.15, 0.2) is 0 Å². The normalized spacial score (nSPS) is 14.9. The van der Waals surface area contributed by atoms with Crippen LogP contribution in [-0.4, -0.2) is 9.78 Å². The first kappa shape index (κ1) is 13.3. The van der Waals surface area contributed by atoms with Gasteiger partial charge in [0.25, 0.3) is 0 Å². The zero-order valence-corrected chi connectivity index (χ0v) is 11.1. The van der Waals surface area contributed by atoms with Crippen LogP contribution in [0.1, 0.15) is 65.7 Å². The summed E-state index contributed by atoms with van der Waals surface area (Å²) < 4.78 is 2.13. The molecule has 0 fully saturated rings. The lowest BCUT2D eigenvalue weighted by Crippen LogP contribution is -2.29. The molecular formula is C14H26N2. The molecule has 0 spiro atoms. The van der Waals surface area contributed by atoms with Crippen molar-refractivity contribution in [2.75, 3.05) is 0 Å². The van der Waals surface area contributed by atoms with E-state index in [9.17, 15) is 0 Å². The molecule has 0 aliphatic carbocycles. The number of aromatic nitrogens is 2. The Labute approximate surface area is 100 Å². The van der Waals surface area contributed by atoms with Crippen molar-refractivity contribution in [3.8, 4) is 0 Å². The molecule has 2 nitrogen and oxygen atoms in total. The zero-order valence-electron chi connectivity index (χ0n) is 11.1. The molecule has 0 bridgehead atoms. The first-order valence-corrected chi connectivity index (χ1v) is 6.73. The molecule has 0 saturated heterocycles. The lowest BCUT2D eigenvalue weighted by molar-refractivity contribution is 0.244. The zero-order chi connectivity index (χ0) is 11.9. The summed E-state index contributed by atoms with van der Waals surface area (Å²) in [5.41, 5.74) is 0.218. The highest BCUT2D eigenvalue weighted by Crippen LogP contribution is 2.26. The second kappa shape index (κ2) is 6.72. The highest BCUT2D eigenvalue weighted by atomic mass is 15.3. The largest absolute Gasteiger partial charge is 0.267 e. The van der Waals surface area contributed by atoms with Crippen molar-refractivity contribution in [1.29, 1.82) is 0 Å². The number of hydrogen-bond donors (Lipinski definition) is 0. The predicted molar refractivity (Wildman–Crippen MR) is 69.5 cm³/mol. The van der Waals surface area contributed by atoms with Gasteiger partial charge >= 0.3 is 0 Å². The lowest BCUT2D eigenvalue weighted by Gasteiger charge is -2.29. The van der Waals surface area contributed by atoms with Gasteiger partial charge in [-0.3, -0.25) is 4.68 Å². The van der Waals surface area contributed by atoms with Crippen LogP contribution in [0, 0.1) is 0 Å². The minimum Gasteiger partial charge on any atom is -0.267 e. The van der Waals surface area contributed by atoms with E-state index in [0.717, 1.165) is 6.42 Å². The Morgan fingerprint density at radius 2 is 1.88 bits per heavy atom. The van der Waals surface area contributed by atoms with E-state index in [-0.39, 0.29) is 5.54 Å². The Hall–Kier alpha value is -0.790. The van der Waals surface area contributed by atoms with E-state index in [4.69, 9.17) is 0 Å². The van der Waals surface area contributed by atoms with Gasteiger partial charge in [0, 0.05) is 12.4 Å². The minimum atomic E-state index is 0.218. The van der Waals surface area contributed by atoms with Crippen LogP contribution < -0.4 is 0 Å². The van der Waals surface area contributed by atoms with Crippen molar-refractivity contribution in [2.24, 2.45) is 0 Å². The van der Waals surface area contributed by atoms with Gasteiger partial charge in [-0.1, -0.05) is 46.0 Å². The van der Waals surface area contributed by atoms with Crippen LogP contribution >= 0.6 is 0 Å². The third-order valence-corrected chi connectivity index (χ3v) is 3.64. The predicted octanol–water partition coefficient (Wildman–Crippen LogP) is 4.37. The highest BCUT2D eigenvalue weighted by Gasteiger charge is 2.23. The third kappa shape index (κ3) is 3.66. The van der Waals surface area contributed by atoms with Crippen molar-refractivity contribution >= 4 is 0 Å². The molecule has 0 saturated carbocycles. The van der Waals surface area contributed by atoms with Crippen LogP contribution in [0.3, 0.4) is 0 Å². The molecule has 1 heterocycles. The van der Waals surface area contributed by atoms with Crippen LogP contribution in [0.25, 0.3) is 0 Å². The van der Waals surface area contributed by atoms with Gasteiger partial charge in [-0.15, -0.1) is 0 Å². The lowest BCUT2D eigenvalue weighted by atomic mass is 9.91. The SMILES string of the molecule is CCCCCCCC(C)(CC)n1cccn1. The molecule has 92 valence electrons. The summed E-state index contributed by atoms with van der Waals surface area (Å²) >= 11 is 0. The maximum Gasteiger partial charge on any atom is 0.0597 e. The molecule has 1 rings (SSSR count). The second-order valence-corrected chi connectivity index (χ2v) is 4.97. The summed E-state index contributed by atoms with van der Waals surface area (Å²) in [6.07, 6.45) is 13.1. The summed E-state index contributed by atoms with van der Waals surface area (Å²) in [4.78, 5) is 0. The maximum absolute atomic E-state index is 4.39. The molecule has 16 heavy (non-hydrogen) atoms. The minimum absolute atomic E-state index is 0.218. The van der Waals surface area contributed by atoms with Crippen LogP contribution in [0.4, 0.5) is 0 Å². The van der Waals surface area contributed by atoms with E-state index in [1.807, 2.05) is 12.3 Å². The van der Waals surface area contributed by atoms with E-state index < -0.39 is 0 Å². The Morgan fingerprint density at radius 3 is 2.44 bits per heavy atom. The maximum atomic E-state index is 4.39. The Kier molecular flexibility index (Phi) is 5.58. The van der Waals surface area contributed by atoms with Gasteiger partial charge in [0.2, 0.25) is 0 Å². The van der Waals surface area contributed by atoms with Gasteiger partial charge in [-0.25, -0.2) is 0 Å². The molecule has 0 aliphatic rings. The first-order chi connectivity index (χ1) is 7.73. The van der Waals surface area contributed by atoms with Crippen LogP contribution in [0.2, 0.25) is 0 Å². The second-order valence-electron chi connectivity index (χ2n) is 4.97. The van der Waals surface area contributed by atoms with E-state index in [0.29, 0.717) is 0 Å². The fraction of sp³-hybridized carbons (Fsp3) is 0.786. The van der Waals surface area contributed by atoms with Gasteiger partial charge in [-0.05, 0) is 25.8 Å².